The van der Waals surface area contributed by atoms with Gasteiger partial charge in [0.1, 0.15) is 5.75 Å². The zero-order chi connectivity index (χ0) is 13.5. The summed E-state index contributed by atoms with van der Waals surface area (Å²) in [5.41, 5.74) is 2.79. The number of fused-ring (bicyclic) bond motifs is 1. The van der Waals surface area contributed by atoms with E-state index >= 15 is 0 Å². The second kappa shape index (κ2) is 7.51. The van der Waals surface area contributed by atoms with Crippen molar-refractivity contribution in [1.29, 1.82) is 0 Å². The molecule has 3 nitrogen and oxygen atoms in total. The molecule has 0 radical (unpaired) electrons. The maximum Gasteiger partial charge on any atom is 0.122 e. The fourth-order valence-corrected chi connectivity index (χ4v) is 2.53. The number of hydrogen-bond acceptors (Lipinski definition) is 3. The standard InChI is InChI=1S/C16H26N2O/c1-3-18(4-2)11-10-17-9-7-14-5-6-16-15(13-14)8-12-19-16/h5-6,13,17H,3-4,7-12H2,1-2H3. The topological polar surface area (TPSA) is 24.5 Å². The van der Waals surface area contributed by atoms with Crippen LogP contribution in [0.4, 0.5) is 0 Å². The van der Waals surface area contributed by atoms with Crippen LogP contribution in [-0.4, -0.2) is 44.2 Å². The lowest BCUT2D eigenvalue weighted by Crippen LogP contribution is -2.32. The molecule has 1 aromatic rings. The molecule has 1 aromatic carbocycles. The Kier molecular flexibility index (Phi) is 5.67. The van der Waals surface area contributed by atoms with Gasteiger partial charge in [0.25, 0.3) is 0 Å². The zero-order valence-corrected chi connectivity index (χ0v) is 12.2. The molecule has 0 saturated heterocycles. The van der Waals surface area contributed by atoms with E-state index in [0.717, 1.165) is 57.9 Å². The van der Waals surface area contributed by atoms with Crippen molar-refractivity contribution in [2.45, 2.75) is 26.7 Å². The minimum Gasteiger partial charge on any atom is -0.493 e. The Morgan fingerprint density at radius 1 is 1.21 bits per heavy atom. The molecule has 0 saturated carbocycles. The first-order chi connectivity index (χ1) is 9.33. The number of nitrogens with one attached hydrogen (secondary N) is 1. The van der Waals surface area contributed by atoms with Crippen molar-refractivity contribution in [2.75, 3.05) is 39.3 Å². The second-order valence-corrected chi connectivity index (χ2v) is 5.07. The Bertz CT molecular complexity index is 388. The molecule has 1 aliphatic heterocycles. The molecule has 3 heteroatoms. The van der Waals surface area contributed by atoms with Gasteiger partial charge < -0.3 is 15.0 Å². The summed E-state index contributed by atoms with van der Waals surface area (Å²) in [5, 5.41) is 3.53. The highest BCUT2D eigenvalue weighted by molar-refractivity contribution is 5.39. The van der Waals surface area contributed by atoms with E-state index in [1.54, 1.807) is 0 Å². The smallest absolute Gasteiger partial charge is 0.122 e. The van der Waals surface area contributed by atoms with E-state index in [1.165, 1.54) is 11.1 Å². The lowest BCUT2D eigenvalue weighted by Gasteiger charge is -2.18. The fraction of sp³-hybridized carbons (Fsp3) is 0.625. The summed E-state index contributed by atoms with van der Waals surface area (Å²) in [6.07, 6.45) is 2.17. The number of ether oxygens (including phenoxy) is 1. The number of nitrogens with zero attached hydrogens (tertiary/aromatic N) is 1. The van der Waals surface area contributed by atoms with Crippen LogP contribution in [0.15, 0.2) is 18.2 Å². The lowest BCUT2D eigenvalue weighted by atomic mass is 10.1. The predicted octanol–water partition coefficient (Wildman–Crippen LogP) is 2.10. The van der Waals surface area contributed by atoms with Crippen LogP contribution in [-0.2, 0) is 12.8 Å². The summed E-state index contributed by atoms with van der Waals surface area (Å²) >= 11 is 0. The average molecular weight is 262 g/mol. The minimum atomic E-state index is 0.848. The molecule has 0 unspecified atom stereocenters. The molecular formula is C16H26N2O. The molecule has 1 N–H and O–H groups in total. The largest absolute Gasteiger partial charge is 0.493 e. The van der Waals surface area contributed by atoms with Crippen LogP contribution in [0.1, 0.15) is 25.0 Å². The third kappa shape index (κ3) is 4.22. The Morgan fingerprint density at radius 2 is 2.05 bits per heavy atom. The van der Waals surface area contributed by atoms with Gasteiger partial charge in [0.05, 0.1) is 6.61 Å². The third-order valence-corrected chi connectivity index (χ3v) is 3.84. The highest BCUT2D eigenvalue weighted by atomic mass is 16.5. The van der Waals surface area contributed by atoms with Gasteiger partial charge >= 0.3 is 0 Å². The summed E-state index contributed by atoms with van der Waals surface area (Å²) in [6.45, 7) is 10.8. The molecule has 0 bridgehead atoms. The van der Waals surface area contributed by atoms with Gasteiger partial charge in [-0.05, 0) is 43.2 Å². The van der Waals surface area contributed by atoms with Gasteiger partial charge in [-0.15, -0.1) is 0 Å². The van der Waals surface area contributed by atoms with E-state index in [4.69, 9.17) is 4.74 Å². The molecule has 19 heavy (non-hydrogen) atoms. The minimum absolute atomic E-state index is 0.848. The van der Waals surface area contributed by atoms with Crippen LogP contribution in [0, 0.1) is 0 Å². The van der Waals surface area contributed by atoms with Crippen molar-refractivity contribution in [3.05, 3.63) is 29.3 Å². The van der Waals surface area contributed by atoms with Crippen LogP contribution in [0.2, 0.25) is 0 Å². The number of benzene rings is 1. The van der Waals surface area contributed by atoms with Gasteiger partial charge in [-0.25, -0.2) is 0 Å². The van der Waals surface area contributed by atoms with Crippen LogP contribution in [0.5, 0.6) is 5.75 Å². The zero-order valence-electron chi connectivity index (χ0n) is 12.2. The van der Waals surface area contributed by atoms with Gasteiger partial charge in [0.15, 0.2) is 0 Å². The van der Waals surface area contributed by atoms with Crippen LogP contribution in [0.25, 0.3) is 0 Å². The first-order valence-electron chi connectivity index (χ1n) is 7.51. The number of rotatable bonds is 8. The van der Waals surface area contributed by atoms with E-state index in [1.807, 2.05) is 0 Å². The Morgan fingerprint density at radius 3 is 2.84 bits per heavy atom. The monoisotopic (exact) mass is 262 g/mol. The summed E-state index contributed by atoms with van der Waals surface area (Å²) in [4.78, 5) is 2.44. The first-order valence-corrected chi connectivity index (χ1v) is 7.51. The molecule has 2 rings (SSSR count). The van der Waals surface area contributed by atoms with E-state index in [0.29, 0.717) is 0 Å². The van der Waals surface area contributed by atoms with E-state index in [9.17, 15) is 0 Å². The molecule has 0 amide bonds. The first kappa shape index (κ1) is 14.4. The van der Waals surface area contributed by atoms with Crippen LogP contribution < -0.4 is 10.1 Å². The van der Waals surface area contributed by atoms with E-state index in [2.05, 4.69) is 42.3 Å². The summed E-state index contributed by atoms with van der Waals surface area (Å²) < 4.78 is 5.53. The van der Waals surface area contributed by atoms with Crippen molar-refractivity contribution >= 4 is 0 Å². The molecule has 1 aliphatic rings. The van der Waals surface area contributed by atoms with Gasteiger partial charge in [0, 0.05) is 19.5 Å². The Balaban J connectivity index is 1.66. The van der Waals surface area contributed by atoms with Crippen LogP contribution in [0.3, 0.4) is 0 Å². The maximum absolute atomic E-state index is 5.53. The predicted molar refractivity (Wildman–Crippen MR) is 80.0 cm³/mol. The highest BCUT2D eigenvalue weighted by Gasteiger charge is 2.11. The Labute approximate surface area is 116 Å². The molecule has 0 spiro atoms. The maximum atomic E-state index is 5.53. The molecule has 106 valence electrons. The highest BCUT2D eigenvalue weighted by Crippen LogP contribution is 2.25. The van der Waals surface area contributed by atoms with Gasteiger partial charge in [-0.3, -0.25) is 0 Å². The summed E-state index contributed by atoms with van der Waals surface area (Å²) in [6, 6.07) is 6.61. The van der Waals surface area contributed by atoms with E-state index < -0.39 is 0 Å². The molecule has 0 aliphatic carbocycles. The molecule has 0 fully saturated rings. The summed E-state index contributed by atoms with van der Waals surface area (Å²) in [5.74, 6) is 1.08. The molecular weight excluding hydrogens is 236 g/mol. The molecule has 0 aromatic heterocycles. The normalized spacial score (nSPS) is 13.6. The lowest BCUT2D eigenvalue weighted by molar-refractivity contribution is 0.303. The van der Waals surface area contributed by atoms with Crippen molar-refractivity contribution in [3.8, 4) is 5.75 Å². The van der Waals surface area contributed by atoms with Crippen molar-refractivity contribution in [1.82, 2.24) is 10.2 Å². The van der Waals surface area contributed by atoms with Crippen LogP contribution >= 0.6 is 0 Å². The number of hydrogen-bond donors (Lipinski definition) is 1. The number of likely N-dealkylation sites (N-methyl/N-ethyl adjacent to an activating group) is 1. The van der Waals surface area contributed by atoms with Gasteiger partial charge in [-0.2, -0.15) is 0 Å². The van der Waals surface area contributed by atoms with Crippen molar-refractivity contribution < 1.29 is 4.74 Å². The van der Waals surface area contributed by atoms with Crippen molar-refractivity contribution in [2.24, 2.45) is 0 Å². The van der Waals surface area contributed by atoms with Gasteiger partial charge in [0.2, 0.25) is 0 Å². The quantitative estimate of drug-likeness (QED) is 0.726. The molecule has 0 atom stereocenters. The van der Waals surface area contributed by atoms with Crippen molar-refractivity contribution in [3.63, 3.8) is 0 Å². The second-order valence-electron chi connectivity index (χ2n) is 5.07. The third-order valence-electron chi connectivity index (χ3n) is 3.84. The Hall–Kier alpha value is -1.06. The summed E-state index contributed by atoms with van der Waals surface area (Å²) in [7, 11) is 0. The molecule has 1 heterocycles. The SMILES string of the molecule is CCN(CC)CCNCCc1ccc2c(c1)CCO2. The van der Waals surface area contributed by atoms with E-state index in [-0.39, 0.29) is 0 Å². The average Bonchev–Trinajstić information content (AvgIpc) is 2.90. The fourth-order valence-electron chi connectivity index (χ4n) is 2.53. The van der Waals surface area contributed by atoms with Gasteiger partial charge in [-0.1, -0.05) is 26.0 Å².